The summed E-state index contributed by atoms with van der Waals surface area (Å²) in [4.78, 5) is 35.4. The first-order valence-electron chi connectivity index (χ1n) is 8.26. The molecule has 2 aromatic carbocycles. The molecule has 0 amide bonds. The predicted octanol–water partition coefficient (Wildman–Crippen LogP) is 2.53. The van der Waals surface area contributed by atoms with Crippen LogP contribution in [0.4, 0.5) is 0 Å². The maximum atomic E-state index is 12.5. The van der Waals surface area contributed by atoms with E-state index in [1.807, 2.05) is 0 Å². The molecule has 7 nitrogen and oxygen atoms in total. The summed E-state index contributed by atoms with van der Waals surface area (Å²) in [6.45, 7) is 1.25. The highest BCUT2D eigenvalue weighted by molar-refractivity contribution is 6.03. The van der Waals surface area contributed by atoms with Gasteiger partial charge in [0.05, 0.1) is 6.21 Å². The lowest BCUT2D eigenvalue weighted by atomic mass is 9.92. The van der Waals surface area contributed by atoms with E-state index >= 15 is 0 Å². The lowest BCUT2D eigenvalue weighted by Gasteiger charge is -2.11. The topological polar surface area (TPSA) is 119 Å². The quantitative estimate of drug-likeness (QED) is 0.304. The highest BCUT2D eigenvalue weighted by Crippen LogP contribution is 2.18. The van der Waals surface area contributed by atoms with Gasteiger partial charge in [-0.05, 0) is 29.8 Å². The average Bonchev–Trinajstić information content (AvgIpc) is 2.67. The largest absolute Gasteiger partial charge is 0.482 e. The van der Waals surface area contributed by atoms with Crippen LogP contribution in [-0.2, 0) is 4.79 Å². The molecule has 0 fully saturated rings. The molecule has 0 radical (unpaired) electrons. The second kappa shape index (κ2) is 9.28. The van der Waals surface area contributed by atoms with Crippen LogP contribution in [-0.4, -0.2) is 35.5 Å². The Balaban J connectivity index is 1.97. The molecule has 0 spiro atoms. The Kier molecular flexibility index (Phi) is 6.82. The Morgan fingerprint density at radius 1 is 1.07 bits per heavy atom. The number of carboxylic acids is 1. The van der Waals surface area contributed by atoms with Gasteiger partial charge in [-0.3, -0.25) is 9.59 Å². The van der Waals surface area contributed by atoms with Crippen molar-refractivity contribution >= 4 is 23.8 Å². The molecule has 27 heavy (non-hydrogen) atoms. The molecule has 2 aromatic rings. The molecular weight excluding hydrogens is 348 g/mol. The van der Waals surface area contributed by atoms with Gasteiger partial charge in [0.15, 0.2) is 18.2 Å². The van der Waals surface area contributed by atoms with Crippen LogP contribution in [0.3, 0.4) is 0 Å². The number of nitrogens with zero attached hydrogens (tertiary/aromatic N) is 1. The zero-order chi connectivity index (χ0) is 19.8. The van der Waals surface area contributed by atoms with Crippen LogP contribution >= 0.6 is 0 Å². The Morgan fingerprint density at radius 3 is 2.22 bits per heavy atom. The van der Waals surface area contributed by atoms with Crippen molar-refractivity contribution in [3.8, 4) is 5.75 Å². The number of ether oxygens (including phenoxy) is 1. The van der Waals surface area contributed by atoms with Crippen molar-refractivity contribution in [2.24, 2.45) is 16.9 Å². The van der Waals surface area contributed by atoms with Crippen molar-refractivity contribution in [1.82, 2.24) is 0 Å². The Hall–Kier alpha value is -3.48. The molecule has 140 valence electrons. The SMILES string of the molecule is CC(CC(=O)c1ccc(C=NN)cc1)C(=O)c1ccc(OCC(=O)O)cc1. The highest BCUT2D eigenvalue weighted by atomic mass is 16.5. The first kappa shape index (κ1) is 19.8. The van der Waals surface area contributed by atoms with Crippen LogP contribution in [0.25, 0.3) is 0 Å². The van der Waals surface area contributed by atoms with Crippen molar-refractivity contribution < 1.29 is 24.2 Å². The van der Waals surface area contributed by atoms with E-state index in [4.69, 9.17) is 15.7 Å². The first-order valence-corrected chi connectivity index (χ1v) is 8.26. The van der Waals surface area contributed by atoms with Gasteiger partial charge in [0.2, 0.25) is 0 Å². The number of benzene rings is 2. The van der Waals surface area contributed by atoms with Crippen LogP contribution in [0, 0.1) is 5.92 Å². The number of nitrogens with two attached hydrogens (primary N) is 1. The van der Waals surface area contributed by atoms with Crippen molar-refractivity contribution in [2.45, 2.75) is 13.3 Å². The molecule has 0 aliphatic heterocycles. The third-order valence-corrected chi connectivity index (χ3v) is 3.90. The Labute approximate surface area is 156 Å². The van der Waals surface area contributed by atoms with Gasteiger partial charge >= 0.3 is 5.97 Å². The van der Waals surface area contributed by atoms with Crippen LogP contribution in [0.2, 0.25) is 0 Å². The van der Waals surface area contributed by atoms with E-state index in [2.05, 4.69) is 5.10 Å². The molecule has 0 bridgehead atoms. The second-order valence-electron chi connectivity index (χ2n) is 6.00. The zero-order valence-electron chi connectivity index (χ0n) is 14.8. The summed E-state index contributed by atoms with van der Waals surface area (Å²) < 4.78 is 5.03. The molecule has 3 N–H and O–H groups in total. The molecule has 0 saturated carbocycles. The summed E-state index contributed by atoms with van der Waals surface area (Å²) in [5.74, 6) is 3.58. The highest BCUT2D eigenvalue weighted by Gasteiger charge is 2.19. The summed E-state index contributed by atoms with van der Waals surface area (Å²) in [6, 6.07) is 13.0. The van der Waals surface area contributed by atoms with Gasteiger partial charge in [-0.1, -0.05) is 31.2 Å². The van der Waals surface area contributed by atoms with Crippen molar-refractivity contribution in [1.29, 1.82) is 0 Å². The molecule has 1 unspecified atom stereocenters. The molecule has 0 saturated heterocycles. The zero-order valence-corrected chi connectivity index (χ0v) is 14.8. The summed E-state index contributed by atoms with van der Waals surface area (Å²) >= 11 is 0. The lowest BCUT2D eigenvalue weighted by Crippen LogP contribution is -2.16. The van der Waals surface area contributed by atoms with Crippen LogP contribution in [0.1, 0.15) is 39.6 Å². The van der Waals surface area contributed by atoms with Crippen molar-refractivity contribution in [2.75, 3.05) is 6.61 Å². The van der Waals surface area contributed by atoms with Crippen LogP contribution < -0.4 is 10.6 Å². The molecule has 7 heteroatoms. The van der Waals surface area contributed by atoms with E-state index in [-0.39, 0.29) is 18.0 Å². The van der Waals surface area contributed by atoms with Crippen molar-refractivity contribution in [3.05, 3.63) is 65.2 Å². The maximum absolute atomic E-state index is 12.5. The van der Waals surface area contributed by atoms with Gasteiger partial charge in [0.1, 0.15) is 5.75 Å². The fourth-order valence-corrected chi connectivity index (χ4v) is 2.47. The number of ketones is 2. The Morgan fingerprint density at radius 2 is 1.67 bits per heavy atom. The van der Waals surface area contributed by atoms with Gasteiger partial charge in [-0.15, -0.1) is 0 Å². The number of aliphatic carboxylic acids is 1. The summed E-state index contributed by atoms with van der Waals surface area (Å²) in [5.41, 5.74) is 1.73. The van der Waals surface area contributed by atoms with E-state index in [1.54, 1.807) is 43.3 Å². The lowest BCUT2D eigenvalue weighted by molar-refractivity contribution is -0.139. The molecule has 0 heterocycles. The van der Waals surface area contributed by atoms with E-state index in [1.165, 1.54) is 18.3 Å². The molecule has 0 aliphatic rings. The number of carboxylic acid groups (broad SMARTS) is 1. The van der Waals surface area contributed by atoms with Crippen molar-refractivity contribution in [3.63, 3.8) is 0 Å². The minimum absolute atomic E-state index is 0.0838. The minimum Gasteiger partial charge on any atom is -0.482 e. The van der Waals surface area contributed by atoms with Gasteiger partial charge in [-0.25, -0.2) is 4.79 Å². The van der Waals surface area contributed by atoms with Gasteiger partial charge < -0.3 is 15.7 Å². The molecular formula is C20H20N2O5. The van der Waals surface area contributed by atoms with E-state index in [9.17, 15) is 14.4 Å². The smallest absolute Gasteiger partial charge is 0.341 e. The van der Waals surface area contributed by atoms with Gasteiger partial charge in [0.25, 0.3) is 0 Å². The third kappa shape index (κ3) is 5.78. The number of hydrogen-bond donors (Lipinski definition) is 2. The monoisotopic (exact) mass is 368 g/mol. The van der Waals surface area contributed by atoms with E-state index in [0.29, 0.717) is 16.9 Å². The Bertz CT molecular complexity index is 842. The molecule has 2 rings (SSSR count). The maximum Gasteiger partial charge on any atom is 0.341 e. The minimum atomic E-state index is -1.08. The number of hydrogen-bond acceptors (Lipinski definition) is 6. The summed E-state index contributed by atoms with van der Waals surface area (Å²) in [7, 11) is 0. The number of carbonyl (C=O) groups excluding carboxylic acids is 2. The van der Waals surface area contributed by atoms with Crippen LogP contribution in [0.5, 0.6) is 5.75 Å². The number of rotatable bonds is 9. The van der Waals surface area contributed by atoms with Gasteiger partial charge in [-0.2, -0.15) is 5.10 Å². The normalized spacial score (nSPS) is 11.9. The van der Waals surface area contributed by atoms with E-state index in [0.717, 1.165) is 5.56 Å². The fraction of sp³-hybridized carbons (Fsp3) is 0.200. The average molecular weight is 368 g/mol. The fourth-order valence-electron chi connectivity index (χ4n) is 2.47. The summed E-state index contributed by atoms with van der Waals surface area (Å²) in [6.07, 6.45) is 1.56. The standard InChI is InChI=1S/C20H20N2O5/c1-13(10-18(23)15-4-2-14(3-5-15)11-22-21)20(26)16-6-8-17(9-7-16)27-12-19(24)25/h2-9,11,13H,10,12,21H2,1H3,(H,24,25). The van der Waals surface area contributed by atoms with E-state index < -0.39 is 18.5 Å². The summed E-state index contributed by atoms with van der Waals surface area (Å²) in [5, 5.41) is 12.0. The molecule has 1 atom stereocenters. The first-order chi connectivity index (χ1) is 12.9. The molecule has 0 aliphatic carbocycles. The van der Waals surface area contributed by atoms with Gasteiger partial charge in [0, 0.05) is 23.5 Å². The number of hydrazone groups is 1. The number of carbonyl (C=O) groups is 3. The molecule has 0 aromatic heterocycles. The third-order valence-electron chi connectivity index (χ3n) is 3.90. The van der Waals surface area contributed by atoms with Crippen LogP contribution in [0.15, 0.2) is 53.6 Å². The second-order valence-corrected chi connectivity index (χ2v) is 6.00. The predicted molar refractivity (Wildman–Crippen MR) is 100 cm³/mol. The number of Topliss-reactive ketones (excluding diaryl/α,β-unsaturated/α-hetero) is 2.